The molecular weight excluding hydrogens is 272 g/mol. The van der Waals surface area contributed by atoms with Crippen LogP contribution in [0.3, 0.4) is 0 Å². The summed E-state index contributed by atoms with van der Waals surface area (Å²) in [6.07, 6.45) is 1.62. The van der Waals surface area contributed by atoms with Crippen LogP contribution in [-0.4, -0.2) is 46.3 Å². The van der Waals surface area contributed by atoms with E-state index in [9.17, 15) is 15.2 Å². The molecule has 0 amide bonds. The predicted octanol–water partition coefficient (Wildman–Crippen LogP) is 2.21. The van der Waals surface area contributed by atoms with Crippen molar-refractivity contribution >= 4 is 5.69 Å². The van der Waals surface area contributed by atoms with Gasteiger partial charge in [0, 0.05) is 24.7 Å². The van der Waals surface area contributed by atoms with Gasteiger partial charge in [0.15, 0.2) is 5.75 Å². The Morgan fingerprint density at radius 3 is 2.62 bits per heavy atom. The molecule has 0 saturated carbocycles. The van der Waals surface area contributed by atoms with Crippen molar-refractivity contribution in [3.63, 3.8) is 0 Å². The quantitative estimate of drug-likeness (QED) is 0.643. The number of ether oxygens (including phenoxy) is 1. The van der Waals surface area contributed by atoms with Gasteiger partial charge in [-0.05, 0) is 32.8 Å². The van der Waals surface area contributed by atoms with Crippen molar-refractivity contribution in [1.29, 1.82) is 0 Å². The van der Waals surface area contributed by atoms with E-state index in [1.807, 2.05) is 0 Å². The standard InChI is InChI=1S/C15H22N2O4/c1-11-7-8-12(2)16(11)9-13(18)10-21-15-6-4-3-5-14(15)17(19)20/h3-6,11-13,18H,7-10H2,1-2H3/t11-,12+,13-/m1/s1. The third-order valence-corrected chi connectivity index (χ3v) is 4.05. The summed E-state index contributed by atoms with van der Waals surface area (Å²) in [7, 11) is 0. The number of β-amino-alcohol motifs (C(OH)–C–C–N with tert-alkyl or cyclic N) is 1. The molecule has 2 rings (SSSR count). The second kappa shape index (κ2) is 6.87. The summed E-state index contributed by atoms with van der Waals surface area (Å²) in [5, 5.41) is 21.0. The molecule has 1 heterocycles. The molecule has 116 valence electrons. The minimum atomic E-state index is -0.659. The third-order valence-electron chi connectivity index (χ3n) is 4.05. The Hall–Kier alpha value is -1.66. The Bertz CT molecular complexity index is 484. The van der Waals surface area contributed by atoms with Gasteiger partial charge in [-0.3, -0.25) is 15.0 Å². The van der Waals surface area contributed by atoms with Crippen molar-refractivity contribution < 1.29 is 14.8 Å². The fourth-order valence-corrected chi connectivity index (χ4v) is 2.82. The van der Waals surface area contributed by atoms with E-state index in [0.29, 0.717) is 18.6 Å². The molecule has 6 heteroatoms. The number of aliphatic hydroxyl groups excluding tert-OH is 1. The van der Waals surface area contributed by atoms with E-state index in [2.05, 4.69) is 18.7 Å². The highest BCUT2D eigenvalue weighted by molar-refractivity contribution is 5.45. The Kier molecular flexibility index (Phi) is 5.14. The average Bonchev–Trinajstić information content (AvgIpc) is 2.77. The number of nitro benzene ring substituents is 1. The van der Waals surface area contributed by atoms with E-state index in [1.165, 1.54) is 6.07 Å². The molecule has 0 spiro atoms. The SMILES string of the molecule is C[C@@H]1CC[C@H](C)N1C[C@@H](O)COc1ccccc1[N+](=O)[O-]. The lowest BCUT2D eigenvalue weighted by atomic mass is 10.2. The number of hydrogen-bond donors (Lipinski definition) is 1. The van der Waals surface area contributed by atoms with Crippen LogP contribution in [0.4, 0.5) is 5.69 Å². The van der Waals surface area contributed by atoms with Crippen molar-refractivity contribution in [2.45, 2.75) is 44.9 Å². The number of nitrogens with zero attached hydrogens (tertiary/aromatic N) is 2. The molecule has 0 bridgehead atoms. The lowest BCUT2D eigenvalue weighted by Crippen LogP contribution is -2.41. The number of para-hydroxylation sites is 2. The van der Waals surface area contributed by atoms with Crippen LogP contribution >= 0.6 is 0 Å². The molecule has 1 saturated heterocycles. The van der Waals surface area contributed by atoms with Gasteiger partial charge in [0.1, 0.15) is 12.7 Å². The zero-order valence-electron chi connectivity index (χ0n) is 12.4. The van der Waals surface area contributed by atoms with Gasteiger partial charge >= 0.3 is 5.69 Å². The van der Waals surface area contributed by atoms with Crippen LogP contribution in [0.25, 0.3) is 0 Å². The van der Waals surface area contributed by atoms with Crippen molar-refractivity contribution in [3.8, 4) is 5.75 Å². The summed E-state index contributed by atoms with van der Waals surface area (Å²) in [6.45, 7) is 4.89. The molecule has 1 aliphatic rings. The van der Waals surface area contributed by atoms with Crippen LogP contribution in [0.2, 0.25) is 0 Å². The van der Waals surface area contributed by atoms with Gasteiger partial charge in [0.05, 0.1) is 4.92 Å². The first-order valence-corrected chi connectivity index (χ1v) is 7.29. The molecule has 3 atom stereocenters. The normalized spacial score (nSPS) is 24.0. The number of rotatable bonds is 6. The maximum absolute atomic E-state index is 10.9. The Labute approximate surface area is 124 Å². The summed E-state index contributed by atoms with van der Waals surface area (Å²) < 4.78 is 5.42. The van der Waals surface area contributed by atoms with Crippen molar-refractivity contribution in [2.24, 2.45) is 0 Å². The van der Waals surface area contributed by atoms with Crippen molar-refractivity contribution in [3.05, 3.63) is 34.4 Å². The van der Waals surface area contributed by atoms with Crippen molar-refractivity contribution in [1.82, 2.24) is 4.90 Å². The first kappa shape index (κ1) is 15.7. The van der Waals surface area contributed by atoms with Crippen LogP contribution in [0.5, 0.6) is 5.75 Å². The van der Waals surface area contributed by atoms with E-state index >= 15 is 0 Å². The largest absolute Gasteiger partial charge is 0.484 e. The number of benzene rings is 1. The smallest absolute Gasteiger partial charge is 0.310 e. The van der Waals surface area contributed by atoms with E-state index in [-0.39, 0.29) is 18.0 Å². The summed E-state index contributed by atoms with van der Waals surface area (Å²) in [6, 6.07) is 7.13. The maximum Gasteiger partial charge on any atom is 0.310 e. The molecule has 1 fully saturated rings. The summed E-state index contributed by atoms with van der Waals surface area (Å²) >= 11 is 0. The second-order valence-electron chi connectivity index (χ2n) is 5.66. The highest BCUT2D eigenvalue weighted by Gasteiger charge is 2.29. The Balaban J connectivity index is 1.89. The topological polar surface area (TPSA) is 75.8 Å². The zero-order chi connectivity index (χ0) is 15.4. The zero-order valence-corrected chi connectivity index (χ0v) is 12.4. The summed E-state index contributed by atoms with van der Waals surface area (Å²) in [4.78, 5) is 12.7. The molecule has 1 aromatic carbocycles. The summed E-state index contributed by atoms with van der Waals surface area (Å²) in [5.74, 6) is 0.198. The van der Waals surface area contributed by atoms with Gasteiger partial charge in [-0.2, -0.15) is 0 Å². The lowest BCUT2D eigenvalue weighted by Gasteiger charge is -2.28. The number of hydrogen-bond acceptors (Lipinski definition) is 5. The third kappa shape index (κ3) is 3.92. The first-order valence-electron chi connectivity index (χ1n) is 7.29. The van der Waals surface area contributed by atoms with E-state index in [0.717, 1.165) is 12.8 Å². The number of likely N-dealkylation sites (tertiary alicyclic amines) is 1. The van der Waals surface area contributed by atoms with Gasteiger partial charge in [-0.15, -0.1) is 0 Å². The molecule has 1 aromatic rings. The molecule has 6 nitrogen and oxygen atoms in total. The van der Waals surface area contributed by atoms with Crippen LogP contribution in [0.1, 0.15) is 26.7 Å². The minimum Gasteiger partial charge on any atom is -0.484 e. The van der Waals surface area contributed by atoms with Gasteiger partial charge in [-0.1, -0.05) is 12.1 Å². The van der Waals surface area contributed by atoms with E-state index in [4.69, 9.17) is 4.74 Å². The minimum absolute atomic E-state index is 0.0563. The van der Waals surface area contributed by atoms with Crippen LogP contribution in [-0.2, 0) is 0 Å². The average molecular weight is 294 g/mol. The molecular formula is C15H22N2O4. The highest BCUT2D eigenvalue weighted by atomic mass is 16.6. The monoisotopic (exact) mass is 294 g/mol. The fourth-order valence-electron chi connectivity index (χ4n) is 2.82. The highest BCUT2D eigenvalue weighted by Crippen LogP contribution is 2.26. The fraction of sp³-hybridized carbons (Fsp3) is 0.600. The van der Waals surface area contributed by atoms with Gasteiger partial charge in [0.2, 0.25) is 0 Å². The Morgan fingerprint density at radius 1 is 1.38 bits per heavy atom. The number of nitro groups is 1. The molecule has 1 aliphatic heterocycles. The van der Waals surface area contributed by atoms with Gasteiger partial charge < -0.3 is 9.84 Å². The first-order chi connectivity index (χ1) is 9.99. The molecule has 0 unspecified atom stereocenters. The molecule has 0 radical (unpaired) electrons. The maximum atomic E-state index is 10.9. The second-order valence-corrected chi connectivity index (χ2v) is 5.66. The summed E-state index contributed by atoms with van der Waals surface area (Å²) in [5.41, 5.74) is -0.0763. The molecule has 0 aliphatic carbocycles. The van der Waals surface area contributed by atoms with Crippen LogP contribution < -0.4 is 4.74 Å². The van der Waals surface area contributed by atoms with E-state index in [1.54, 1.807) is 18.2 Å². The number of aliphatic hydroxyl groups is 1. The van der Waals surface area contributed by atoms with Crippen molar-refractivity contribution in [2.75, 3.05) is 13.2 Å². The lowest BCUT2D eigenvalue weighted by molar-refractivity contribution is -0.385. The molecule has 1 N–H and O–H groups in total. The van der Waals surface area contributed by atoms with Crippen LogP contribution in [0, 0.1) is 10.1 Å². The van der Waals surface area contributed by atoms with E-state index < -0.39 is 11.0 Å². The molecule has 21 heavy (non-hydrogen) atoms. The predicted molar refractivity (Wildman–Crippen MR) is 79.5 cm³/mol. The van der Waals surface area contributed by atoms with Gasteiger partial charge in [-0.25, -0.2) is 0 Å². The molecule has 0 aromatic heterocycles. The van der Waals surface area contributed by atoms with Gasteiger partial charge in [0.25, 0.3) is 0 Å². The Morgan fingerprint density at radius 2 is 2.00 bits per heavy atom. The van der Waals surface area contributed by atoms with Crippen LogP contribution in [0.15, 0.2) is 24.3 Å².